The molecule has 3 aromatic rings. The Morgan fingerprint density at radius 2 is 1.89 bits per heavy atom. The predicted molar refractivity (Wildman–Crippen MR) is 95.7 cm³/mol. The Morgan fingerprint density at radius 1 is 1.15 bits per heavy atom. The number of hydrogen-bond acceptors (Lipinski definition) is 5. The average Bonchev–Trinajstić information content (AvgIpc) is 3.04. The first-order valence-electron chi connectivity index (χ1n) is 8.41. The molecule has 0 unspecified atom stereocenters. The molecule has 0 fully saturated rings. The topological polar surface area (TPSA) is 86.4 Å². The molecule has 0 spiro atoms. The van der Waals surface area contributed by atoms with E-state index in [-0.39, 0.29) is 30.7 Å². The number of benzene rings is 2. The molecule has 1 aromatic heterocycles. The van der Waals surface area contributed by atoms with Gasteiger partial charge in [-0.1, -0.05) is 30.3 Å². The molecule has 140 valence electrons. The molecule has 7 nitrogen and oxygen atoms in total. The number of halogens is 1. The van der Waals surface area contributed by atoms with Crippen molar-refractivity contribution in [2.24, 2.45) is 0 Å². The van der Waals surface area contributed by atoms with Gasteiger partial charge in [0, 0.05) is 12.1 Å². The van der Waals surface area contributed by atoms with E-state index in [4.69, 9.17) is 9.15 Å². The lowest BCUT2D eigenvalue weighted by Gasteiger charge is -2.07. The fourth-order valence-corrected chi connectivity index (χ4v) is 2.34. The number of aromatic nitrogens is 2. The van der Waals surface area contributed by atoms with Crippen molar-refractivity contribution in [3.63, 3.8) is 0 Å². The molecule has 0 aliphatic heterocycles. The minimum atomic E-state index is -0.702. The molecule has 8 heteroatoms. The summed E-state index contributed by atoms with van der Waals surface area (Å²) in [5, 5.41) is 6.68. The number of nitrogens with one attached hydrogen (secondary N) is 1. The van der Waals surface area contributed by atoms with Crippen LogP contribution < -0.4 is 15.8 Å². The number of rotatable bonds is 8. The van der Waals surface area contributed by atoms with Crippen molar-refractivity contribution in [3.05, 3.63) is 71.0 Å². The van der Waals surface area contributed by atoms with Gasteiger partial charge >= 0.3 is 5.76 Å². The van der Waals surface area contributed by atoms with Crippen molar-refractivity contribution < 1.29 is 18.3 Å². The number of hydrogen-bond donors (Lipinski definition) is 1. The van der Waals surface area contributed by atoms with Crippen LogP contribution in [0.25, 0.3) is 11.5 Å². The fourth-order valence-electron chi connectivity index (χ4n) is 2.34. The van der Waals surface area contributed by atoms with Crippen LogP contribution in [0.3, 0.4) is 0 Å². The highest BCUT2D eigenvalue weighted by Crippen LogP contribution is 2.15. The molecule has 0 saturated carbocycles. The van der Waals surface area contributed by atoms with Crippen molar-refractivity contribution in [2.45, 2.75) is 13.0 Å². The van der Waals surface area contributed by atoms with E-state index < -0.39 is 11.6 Å². The van der Waals surface area contributed by atoms with E-state index in [0.29, 0.717) is 18.5 Å². The van der Waals surface area contributed by atoms with Crippen LogP contribution in [0.5, 0.6) is 5.75 Å². The number of para-hydroxylation sites is 1. The lowest BCUT2D eigenvalue weighted by Crippen LogP contribution is -2.32. The highest BCUT2D eigenvalue weighted by molar-refractivity contribution is 5.75. The largest absolute Gasteiger partial charge is 0.490 e. The van der Waals surface area contributed by atoms with Crippen molar-refractivity contribution >= 4 is 5.91 Å². The lowest BCUT2D eigenvalue weighted by molar-refractivity contribution is -0.121. The van der Waals surface area contributed by atoms with Gasteiger partial charge in [-0.15, -0.1) is 5.10 Å². The standard InChI is InChI=1S/C19H18FN3O4/c20-15-9-4-5-10-16(15)26-12-6-11-21-17(24)13-23-19(25)27-18(22-23)14-7-2-1-3-8-14/h1-5,7-10H,6,11-13H2,(H,21,24). The Hall–Kier alpha value is -3.42. The summed E-state index contributed by atoms with van der Waals surface area (Å²) < 4.78 is 24.7. The van der Waals surface area contributed by atoms with Gasteiger partial charge in [-0.25, -0.2) is 9.18 Å². The summed E-state index contributed by atoms with van der Waals surface area (Å²) in [6.07, 6.45) is 0.489. The van der Waals surface area contributed by atoms with Crippen LogP contribution >= 0.6 is 0 Å². The predicted octanol–water partition coefficient (Wildman–Crippen LogP) is 2.23. The molecule has 1 N–H and O–H groups in total. The SMILES string of the molecule is O=C(Cn1nc(-c2ccccc2)oc1=O)NCCCOc1ccccc1F. The third-order valence-electron chi connectivity index (χ3n) is 3.66. The zero-order valence-electron chi connectivity index (χ0n) is 14.4. The van der Waals surface area contributed by atoms with E-state index >= 15 is 0 Å². The van der Waals surface area contributed by atoms with Crippen LogP contribution in [-0.4, -0.2) is 28.8 Å². The highest BCUT2D eigenvalue weighted by atomic mass is 19.1. The molecule has 0 aliphatic carbocycles. The molecular weight excluding hydrogens is 353 g/mol. The van der Waals surface area contributed by atoms with Gasteiger partial charge in [0.1, 0.15) is 6.54 Å². The van der Waals surface area contributed by atoms with E-state index in [9.17, 15) is 14.0 Å². The molecule has 0 aliphatic rings. The van der Waals surface area contributed by atoms with Crippen molar-refractivity contribution in [2.75, 3.05) is 13.2 Å². The van der Waals surface area contributed by atoms with Gasteiger partial charge in [0.05, 0.1) is 6.61 Å². The summed E-state index contributed by atoms with van der Waals surface area (Å²) in [6, 6.07) is 15.1. The Kier molecular flexibility index (Phi) is 5.98. The molecule has 0 bridgehead atoms. The summed E-state index contributed by atoms with van der Waals surface area (Å²) in [7, 11) is 0. The third-order valence-corrected chi connectivity index (χ3v) is 3.66. The molecule has 1 heterocycles. The van der Waals surface area contributed by atoms with Crippen molar-refractivity contribution in [3.8, 4) is 17.2 Å². The summed E-state index contributed by atoms with van der Waals surface area (Å²) >= 11 is 0. The van der Waals surface area contributed by atoms with E-state index in [1.807, 2.05) is 6.07 Å². The quantitative estimate of drug-likeness (QED) is 0.614. The molecule has 0 radical (unpaired) electrons. The summed E-state index contributed by atoms with van der Waals surface area (Å²) in [6.45, 7) is 0.331. The second-order valence-electron chi connectivity index (χ2n) is 5.68. The molecule has 2 aromatic carbocycles. The molecular formula is C19H18FN3O4. The Labute approximate surface area is 154 Å². The van der Waals surface area contributed by atoms with Crippen molar-refractivity contribution in [1.82, 2.24) is 15.1 Å². The number of carbonyl (C=O) groups is 1. The lowest BCUT2D eigenvalue weighted by atomic mass is 10.2. The fraction of sp³-hybridized carbons (Fsp3) is 0.211. The van der Waals surface area contributed by atoms with Gasteiger partial charge in [-0.3, -0.25) is 4.79 Å². The zero-order chi connectivity index (χ0) is 19.1. The smallest absolute Gasteiger partial charge is 0.437 e. The number of carbonyl (C=O) groups excluding carboxylic acids is 1. The minimum absolute atomic E-state index is 0.159. The normalized spacial score (nSPS) is 10.6. The first kappa shape index (κ1) is 18.4. The second-order valence-corrected chi connectivity index (χ2v) is 5.68. The van der Waals surface area contributed by atoms with Gasteiger partial charge in [-0.05, 0) is 30.7 Å². The summed E-state index contributed by atoms with van der Waals surface area (Å²) in [5.74, 6) is -1.18. The third kappa shape index (κ3) is 5.04. The Balaban J connectivity index is 1.44. The van der Waals surface area contributed by atoms with Crippen LogP contribution in [0.2, 0.25) is 0 Å². The maximum Gasteiger partial charge on any atom is 0.437 e. The number of ether oxygens (including phenoxy) is 1. The van der Waals surface area contributed by atoms with Gasteiger partial charge in [0.2, 0.25) is 11.8 Å². The molecule has 0 atom stereocenters. The maximum atomic E-state index is 13.4. The number of amides is 1. The van der Waals surface area contributed by atoms with E-state index in [1.165, 1.54) is 12.1 Å². The molecule has 27 heavy (non-hydrogen) atoms. The number of nitrogens with zero attached hydrogens (tertiary/aromatic N) is 2. The van der Waals surface area contributed by atoms with E-state index in [2.05, 4.69) is 10.4 Å². The Morgan fingerprint density at radius 3 is 2.67 bits per heavy atom. The zero-order valence-corrected chi connectivity index (χ0v) is 14.4. The summed E-state index contributed by atoms with van der Waals surface area (Å²) in [5.41, 5.74) is 0.652. The van der Waals surface area contributed by atoms with Gasteiger partial charge < -0.3 is 14.5 Å². The molecule has 3 rings (SSSR count). The Bertz CT molecular complexity index is 953. The first-order chi connectivity index (χ1) is 13.1. The maximum absolute atomic E-state index is 13.4. The van der Waals surface area contributed by atoms with E-state index in [1.54, 1.807) is 36.4 Å². The summed E-state index contributed by atoms with van der Waals surface area (Å²) in [4.78, 5) is 23.8. The van der Waals surface area contributed by atoms with Gasteiger partial charge in [0.15, 0.2) is 11.6 Å². The van der Waals surface area contributed by atoms with Crippen molar-refractivity contribution in [1.29, 1.82) is 0 Å². The van der Waals surface area contributed by atoms with Crippen LogP contribution in [-0.2, 0) is 11.3 Å². The second kappa shape index (κ2) is 8.79. The highest BCUT2D eigenvalue weighted by Gasteiger charge is 2.12. The molecule has 0 saturated heterocycles. The van der Waals surface area contributed by atoms with Gasteiger partial charge in [-0.2, -0.15) is 4.68 Å². The van der Waals surface area contributed by atoms with Crippen LogP contribution in [0.4, 0.5) is 4.39 Å². The van der Waals surface area contributed by atoms with E-state index in [0.717, 1.165) is 4.68 Å². The monoisotopic (exact) mass is 371 g/mol. The van der Waals surface area contributed by atoms with Gasteiger partial charge in [0.25, 0.3) is 0 Å². The van der Waals surface area contributed by atoms with Crippen LogP contribution in [0.15, 0.2) is 63.8 Å². The van der Waals surface area contributed by atoms with Crippen LogP contribution in [0.1, 0.15) is 6.42 Å². The first-order valence-corrected chi connectivity index (χ1v) is 8.41. The van der Waals surface area contributed by atoms with Crippen LogP contribution in [0, 0.1) is 5.82 Å². The average molecular weight is 371 g/mol. The minimum Gasteiger partial charge on any atom is -0.490 e. The molecule has 1 amide bonds.